The van der Waals surface area contributed by atoms with Gasteiger partial charge in [0.05, 0.1) is 12.0 Å². The van der Waals surface area contributed by atoms with E-state index < -0.39 is 5.82 Å². The molecule has 0 radical (unpaired) electrons. The van der Waals surface area contributed by atoms with Crippen LogP contribution in [0.5, 0.6) is 5.88 Å². The molecule has 1 N–H and O–H groups in total. The van der Waals surface area contributed by atoms with E-state index in [9.17, 15) is 4.39 Å². The molecule has 1 saturated heterocycles. The fraction of sp³-hybridized carbons (Fsp3) is 0.462. The highest BCUT2D eigenvalue weighted by Gasteiger charge is 2.18. The zero-order valence-electron chi connectivity index (χ0n) is 11.5. The summed E-state index contributed by atoms with van der Waals surface area (Å²) in [4.78, 5) is 11.6. The van der Waals surface area contributed by atoms with Crippen molar-refractivity contribution in [1.82, 2.24) is 20.3 Å². The van der Waals surface area contributed by atoms with Gasteiger partial charge in [-0.3, -0.25) is 0 Å². The summed E-state index contributed by atoms with van der Waals surface area (Å²) in [6.07, 6.45) is 2.19. The van der Waals surface area contributed by atoms with Crippen LogP contribution in [0.1, 0.15) is 6.42 Å². The van der Waals surface area contributed by atoms with Crippen LogP contribution in [-0.2, 0) is 4.74 Å². The van der Waals surface area contributed by atoms with Gasteiger partial charge in [0, 0.05) is 25.4 Å². The molecule has 0 aliphatic carbocycles. The zero-order chi connectivity index (χ0) is 15.5. The number of hydrogen-bond acceptors (Lipinski definition) is 6. The molecule has 0 amide bonds. The predicted octanol–water partition coefficient (Wildman–Crippen LogP) is 2.23. The lowest BCUT2D eigenvalue weighted by Crippen LogP contribution is -2.35. The Labute approximate surface area is 136 Å². The van der Waals surface area contributed by atoms with Crippen molar-refractivity contribution in [2.75, 3.05) is 26.4 Å². The van der Waals surface area contributed by atoms with Gasteiger partial charge in [-0.2, -0.15) is 4.98 Å². The highest BCUT2D eigenvalue weighted by Crippen LogP contribution is 2.29. The van der Waals surface area contributed by atoms with Crippen molar-refractivity contribution in [2.24, 2.45) is 0 Å². The minimum atomic E-state index is -0.741. The minimum Gasteiger partial charge on any atom is -0.475 e. The van der Waals surface area contributed by atoms with Gasteiger partial charge in [-0.05, 0) is 18.0 Å². The first-order valence-electron chi connectivity index (χ1n) is 6.76. The van der Waals surface area contributed by atoms with Crippen molar-refractivity contribution >= 4 is 34.1 Å². The third-order valence-corrected chi connectivity index (χ3v) is 3.72. The molecule has 1 fully saturated rings. The Kier molecular flexibility index (Phi) is 4.87. The monoisotopic (exact) mass is 346 g/mol. The molecule has 1 atom stereocenters. The van der Waals surface area contributed by atoms with Gasteiger partial charge in [0.1, 0.15) is 12.1 Å². The van der Waals surface area contributed by atoms with Gasteiger partial charge >= 0.3 is 0 Å². The molecule has 1 unspecified atom stereocenters. The normalized spacial score (nSPS) is 19.1. The van der Waals surface area contributed by atoms with Crippen LogP contribution in [0.2, 0.25) is 10.4 Å². The Balaban J connectivity index is 1.85. The maximum atomic E-state index is 14.0. The molecular weight excluding hydrogens is 334 g/mol. The Hall–Kier alpha value is -1.28. The first-order valence-corrected chi connectivity index (χ1v) is 7.52. The summed E-state index contributed by atoms with van der Waals surface area (Å²) < 4.78 is 25.0. The summed E-state index contributed by atoms with van der Waals surface area (Å²) >= 11 is 11.5. The van der Waals surface area contributed by atoms with Gasteiger partial charge in [0.25, 0.3) is 0 Å². The molecule has 6 nitrogen and oxygen atoms in total. The van der Waals surface area contributed by atoms with Crippen molar-refractivity contribution in [2.45, 2.75) is 12.5 Å². The number of aromatic nitrogens is 3. The summed E-state index contributed by atoms with van der Waals surface area (Å²) in [5.41, 5.74) is -0.00726. The van der Waals surface area contributed by atoms with Gasteiger partial charge in [-0.15, -0.1) is 0 Å². The molecule has 118 valence electrons. The van der Waals surface area contributed by atoms with Crippen molar-refractivity contribution in [3.63, 3.8) is 0 Å². The first-order chi connectivity index (χ1) is 10.6. The molecule has 1 aliphatic rings. The molecule has 0 spiro atoms. The number of pyridine rings is 1. The number of fused-ring (bicyclic) bond motifs is 1. The van der Waals surface area contributed by atoms with Crippen LogP contribution in [0.15, 0.2) is 6.20 Å². The SMILES string of the molecule is Fc1c(Cl)nc(OCC2CCOCCN2)c2cnc(Cl)nc12. The minimum absolute atomic E-state index is 0.00726. The van der Waals surface area contributed by atoms with E-state index in [1.807, 2.05) is 0 Å². The third-order valence-electron chi connectivity index (χ3n) is 3.29. The Morgan fingerprint density at radius 3 is 3.09 bits per heavy atom. The average Bonchev–Trinajstić information content (AvgIpc) is 2.78. The van der Waals surface area contributed by atoms with Crippen LogP contribution in [0.4, 0.5) is 4.39 Å². The van der Waals surface area contributed by atoms with Crippen molar-refractivity contribution in [1.29, 1.82) is 0 Å². The highest BCUT2D eigenvalue weighted by atomic mass is 35.5. The second kappa shape index (κ2) is 6.87. The van der Waals surface area contributed by atoms with E-state index in [0.29, 0.717) is 25.2 Å². The summed E-state index contributed by atoms with van der Waals surface area (Å²) in [6, 6.07) is 0.122. The van der Waals surface area contributed by atoms with Gasteiger partial charge in [0.2, 0.25) is 11.2 Å². The van der Waals surface area contributed by atoms with E-state index in [2.05, 4.69) is 20.3 Å². The molecule has 22 heavy (non-hydrogen) atoms. The Morgan fingerprint density at radius 2 is 2.23 bits per heavy atom. The fourth-order valence-electron chi connectivity index (χ4n) is 2.18. The second-order valence-corrected chi connectivity index (χ2v) is 5.48. The fourth-order valence-corrected chi connectivity index (χ4v) is 2.48. The molecule has 2 aromatic heterocycles. The van der Waals surface area contributed by atoms with Crippen LogP contribution in [0, 0.1) is 5.82 Å². The second-order valence-electron chi connectivity index (χ2n) is 4.79. The standard InChI is InChI=1S/C13H13Cl2FN4O2/c14-11-9(16)10-8(5-18-13(15)19-10)12(20-11)22-6-7-1-3-21-4-2-17-7/h5,7,17H,1-4,6H2. The number of hydrogen-bond donors (Lipinski definition) is 1. The molecule has 0 saturated carbocycles. The lowest BCUT2D eigenvalue weighted by molar-refractivity contribution is 0.147. The molecule has 1 aliphatic heterocycles. The number of nitrogens with one attached hydrogen (secondary N) is 1. The number of nitrogens with zero attached hydrogens (tertiary/aromatic N) is 3. The summed E-state index contributed by atoms with van der Waals surface area (Å²) in [7, 11) is 0. The van der Waals surface area contributed by atoms with Crippen molar-refractivity contribution in [3.05, 3.63) is 22.5 Å². The van der Waals surface area contributed by atoms with E-state index >= 15 is 0 Å². The molecule has 3 heterocycles. The van der Waals surface area contributed by atoms with E-state index in [-0.39, 0.29) is 27.9 Å². The van der Waals surface area contributed by atoms with Crippen LogP contribution in [-0.4, -0.2) is 47.4 Å². The molecule has 3 rings (SSSR count). The van der Waals surface area contributed by atoms with E-state index in [1.54, 1.807) is 0 Å². The number of halogens is 3. The lowest BCUT2D eigenvalue weighted by Gasteiger charge is -2.16. The molecule has 9 heteroatoms. The first kappa shape index (κ1) is 15.6. The molecule has 0 aromatic carbocycles. The van der Waals surface area contributed by atoms with Crippen LogP contribution in [0.25, 0.3) is 10.9 Å². The van der Waals surface area contributed by atoms with Gasteiger partial charge in [-0.25, -0.2) is 14.4 Å². The molecular formula is C13H13Cl2FN4O2. The van der Waals surface area contributed by atoms with Crippen LogP contribution >= 0.6 is 23.2 Å². The van der Waals surface area contributed by atoms with Crippen molar-refractivity contribution in [3.8, 4) is 5.88 Å². The quantitative estimate of drug-likeness (QED) is 0.678. The van der Waals surface area contributed by atoms with E-state index in [4.69, 9.17) is 32.7 Å². The third kappa shape index (κ3) is 3.38. The number of ether oxygens (including phenoxy) is 2. The average molecular weight is 347 g/mol. The van der Waals surface area contributed by atoms with Gasteiger partial charge in [0.15, 0.2) is 11.0 Å². The summed E-state index contributed by atoms with van der Waals surface area (Å²) in [6.45, 7) is 2.45. The van der Waals surface area contributed by atoms with Gasteiger partial charge in [-0.1, -0.05) is 11.6 Å². The summed E-state index contributed by atoms with van der Waals surface area (Å²) in [5, 5.41) is 3.25. The Bertz CT molecular complexity index is 681. The zero-order valence-corrected chi connectivity index (χ0v) is 13.0. The van der Waals surface area contributed by atoms with Crippen LogP contribution in [0.3, 0.4) is 0 Å². The number of rotatable bonds is 3. The van der Waals surface area contributed by atoms with Gasteiger partial charge < -0.3 is 14.8 Å². The smallest absolute Gasteiger partial charge is 0.226 e. The lowest BCUT2D eigenvalue weighted by atomic mass is 10.2. The topological polar surface area (TPSA) is 69.2 Å². The van der Waals surface area contributed by atoms with E-state index in [0.717, 1.165) is 13.0 Å². The summed E-state index contributed by atoms with van der Waals surface area (Å²) in [5.74, 6) is -0.556. The molecule has 2 aromatic rings. The predicted molar refractivity (Wildman–Crippen MR) is 80.0 cm³/mol. The maximum absolute atomic E-state index is 14.0. The van der Waals surface area contributed by atoms with E-state index in [1.165, 1.54) is 6.20 Å². The van der Waals surface area contributed by atoms with Crippen molar-refractivity contribution < 1.29 is 13.9 Å². The maximum Gasteiger partial charge on any atom is 0.226 e. The van der Waals surface area contributed by atoms with Crippen LogP contribution < -0.4 is 10.1 Å². The Morgan fingerprint density at radius 1 is 1.36 bits per heavy atom. The molecule has 0 bridgehead atoms. The largest absolute Gasteiger partial charge is 0.475 e. The highest BCUT2D eigenvalue weighted by molar-refractivity contribution is 6.30.